The van der Waals surface area contributed by atoms with Crippen molar-refractivity contribution in [2.45, 2.75) is 63.7 Å². The second-order valence-electron chi connectivity index (χ2n) is 8.78. The van der Waals surface area contributed by atoms with Crippen LogP contribution in [0, 0.1) is 0 Å². The SMILES string of the molecule is CC(C)NC(=O)N[C@H]1C[C@H]2C(=O)NC[C@@H](CCC(=O)N3CCc4ccccc43)N2C1. The van der Waals surface area contributed by atoms with Gasteiger partial charge in [-0.15, -0.1) is 0 Å². The van der Waals surface area contributed by atoms with E-state index in [1.165, 1.54) is 5.56 Å². The minimum atomic E-state index is -0.240. The standard InChI is InChI=1S/C22H31N5O3/c1-14(2)24-22(30)25-16-11-19-21(29)23-12-17(27(19)13-16)7-8-20(28)26-10-9-15-5-3-4-6-18(15)26/h3-6,14,16-17,19H,7-13H2,1-2H3,(H,23,29)(H2,24,25,30)/t16-,17+,19-/m0/s1. The van der Waals surface area contributed by atoms with E-state index in [-0.39, 0.29) is 42.0 Å². The number of para-hydroxylation sites is 1. The molecule has 3 N–H and O–H groups in total. The van der Waals surface area contributed by atoms with Gasteiger partial charge in [-0.05, 0) is 44.7 Å². The van der Waals surface area contributed by atoms with Crippen molar-refractivity contribution in [1.82, 2.24) is 20.9 Å². The van der Waals surface area contributed by atoms with Gasteiger partial charge in [0.05, 0.1) is 6.04 Å². The molecule has 3 heterocycles. The average molecular weight is 414 g/mol. The molecule has 8 heteroatoms. The third kappa shape index (κ3) is 4.28. The predicted octanol–water partition coefficient (Wildman–Crippen LogP) is 1.00. The van der Waals surface area contributed by atoms with Crippen LogP contribution in [0.4, 0.5) is 10.5 Å². The monoisotopic (exact) mass is 413 g/mol. The highest BCUT2D eigenvalue weighted by atomic mass is 16.2. The number of rotatable bonds is 5. The Balaban J connectivity index is 1.34. The Kier molecular flexibility index (Phi) is 5.94. The summed E-state index contributed by atoms with van der Waals surface area (Å²) >= 11 is 0. The summed E-state index contributed by atoms with van der Waals surface area (Å²) in [5, 5.41) is 8.80. The maximum atomic E-state index is 12.9. The van der Waals surface area contributed by atoms with Crippen LogP contribution in [-0.2, 0) is 16.0 Å². The number of carbonyl (C=O) groups excluding carboxylic acids is 3. The smallest absolute Gasteiger partial charge is 0.315 e. The first-order valence-corrected chi connectivity index (χ1v) is 10.9. The van der Waals surface area contributed by atoms with Crippen molar-refractivity contribution in [2.24, 2.45) is 0 Å². The lowest BCUT2D eigenvalue weighted by molar-refractivity contribution is -0.129. The summed E-state index contributed by atoms with van der Waals surface area (Å²) in [6.45, 7) is 5.75. The number of nitrogens with zero attached hydrogens (tertiary/aromatic N) is 2. The topological polar surface area (TPSA) is 93.8 Å². The van der Waals surface area contributed by atoms with Gasteiger partial charge >= 0.3 is 6.03 Å². The zero-order valence-electron chi connectivity index (χ0n) is 17.7. The highest BCUT2D eigenvalue weighted by Gasteiger charge is 2.44. The lowest BCUT2D eigenvalue weighted by Crippen LogP contribution is -2.58. The van der Waals surface area contributed by atoms with Crippen molar-refractivity contribution < 1.29 is 14.4 Å². The van der Waals surface area contributed by atoms with E-state index in [0.717, 1.165) is 18.7 Å². The lowest BCUT2D eigenvalue weighted by atomic mass is 10.0. The van der Waals surface area contributed by atoms with Gasteiger partial charge in [0.1, 0.15) is 0 Å². The molecular weight excluding hydrogens is 382 g/mol. The van der Waals surface area contributed by atoms with Crippen LogP contribution in [0.3, 0.4) is 0 Å². The molecule has 0 aromatic heterocycles. The number of carbonyl (C=O) groups is 3. The van der Waals surface area contributed by atoms with Crippen LogP contribution < -0.4 is 20.9 Å². The summed E-state index contributed by atoms with van der Waals surface area (Å²) < 4.78 is 0. The Bertz CT molecular complexity index is 827. The molecule has 2 fully saturated rings. The quantitative estimate of drug-likeness (QED) is 0.672. The van der Waals surface area contributed by atoms with E-state index in [4.69, 9.17) is 0 Å². The Morgan fingerprint density at radius 2 is 2.07 bits per heavy atom. The molecule has 0 aliphatic carbocycles. The average Bonchev–Trinajstić information content (AvgIpc) is 3.31. The molecule has 30 heavy (non-hydrogen) atoms. The van der Waals surface area contributed by atoms with E-state index < -0.39 is 0 Å². The van der Waals surface area contributed by atoms with Gasteiger partial charge in [0.15, 0.2) is 0 Å². The molecule has 0 spiro atoms. The minimum absolute atomic E-state index is 0.0135. The van der Waals surface area contributed by atoms with E-state index in [2.05, 4.69) is 26.9 Å². The van der Waals surface area contributed by atoms with E-state index in [9.17, 15) is 14.4 Å². The van der Waals surface area contributed by atoms with Crippen LogP contribution in [0.15, 0.2) is 24.3 Å². The van der Waals surface area contributed by atoms with Gasteiger partial charge in [-0.3, -0.25) is 14.5 Å². The second-order valence-corrected chi connectivity index (χ2v) is 8.78. The second kappa shape index (κ2) is 8.63. The van der Waals surface area contributed by atoms with Crippen LogP contribution in [-0.4, -0.2) is 66.5 Å². The predicted molar refractivity (Wildman–Crippen MR) is 114 cm³/mol. The van der Waals surface area contributed by atoms with Crippen molar-refractivity contribution in [1.29, 1.82) is 0 Å². The van der Waals surface area contributed by atoms with Gasteiger partial charge in [-0.25, -0.2) is 4.79 Å². The van der Waals surface area contributed by atoms with E-state index >= 15 is 0 Å². The van der Waals surface area contributed by atoms with Gasteiger partial charge < -0.3 is 20.9 Å². The van der Waals surface area contributed by atoms with Crippen LogP contribution >= 0.6 is 0 Å². The third-order valence-electron chi connectivity index (χ3n) is 6.26. The van der Waals surface area contributed by atoms with Gasteiger partial charge in [0.25, 0.3) is 0 Å². The fourth-order valence-corrected chi connectivity index (χ4v) is 4.86. The summed E-state index contributed by atoms with van der Waals surface area (Å²) in [4.78, 5) is 41.3. The molecule has 1 aromatic rings. The Morgan fingerprint density at radius 1 is 1.27 bits per heavy atom. The molecule has 0 bridgehead atoms. The fraction of sp³-hybridized carbons (Fsp3) is 0.591. The van der Waals surface area contributed by atoms with E-state index in [0.29, 0.717) is 32.4 Å². The molecule has 8 nitrogen and oxygen atoms in total. The number of piperazine rings is 1. The summed E-state index contributed by atoms with van der Waals surface area (Å²) in [5.74, 6) is 0.151. The number of amides is 4. The van der Waals surface area contributed by atoms with Crippen LogP contribution in [0.1, 0.15) is 38.7 Å². The van der Waals surface area contributed by atoms with E-state index in [1.54, 1.807) is 0 Å². The minimum Gasteiger partial charge on any atom is -0.353 e. The summed E-state index contributed by atoms with van der Waals surface area (Å²) in [5.41, 5.74) is 2.25. The van der Waals surface area contributed by atoms with Crippen LogP contribution in [0.2, 0.25) is 0 Å². The molecule has 3 aliphatic heterocycles. The number of hydrogen-bond acceptors (Lipinski definition) is 4. The number of benzene rings is 1. The van der Waals surface area contributed by atoms with Gasteiger partial charge in [0.2, 0.25) is 11.8 Å². The van der Waals surface area contributed by atoms with Crippen molar-refractivity contribution >= 4 is 23.5 Å². The molecular formula is C22H31N5O3. The normalized spacial score (nSPS) is 25.6. The Morgan fingerprint density at radius 3 is 2.87 bits per heavy atom. The first-order chi connectivity index (χ1) is 14.4. The summed E-state index contributed by atoms with van der Waals surface area (Å²) in [7, 11) is 0. The molecule has 0 unspecified atom stereocenters. The van der Waals surface area contributed by atoms with Crippen molar-refractivity contribution in [3.63, 3.8) is 0 Å². The number of hydrogen-bond donors (Lipinski definition) is 3. The van der Waals surface area contributed by atoms with Crippen molar-refractivity contribution in [3.8, 4) is 0 Å². The molecule has 4 amide bonds. The molecule has 162 valence electrons. The first-order valence-electron chi connectivity index (χ1n) is 10.9. The summed E-state index contributed by atoms with van der Waals surface area (Å²) in [6.07, 6.45) is 2.64. The van der Waals surface area contributed by atoms with Gasteiger partial charge in [0, 0.05) is 49.9 Å². The maximum absolute atomic E-state index is 12.9. The summed E-state index contributed by atoms with van der Waals surface area (Å²) in [6, 6.07) is 7.73. The largest absolute Gasteiger partial charge is 0.353 e. The van der Waals surface area contributed by atoms with Crippen molar-refractivity contribution in [3.05, 3.63) is 29.8 Å². The van der Waals surface area contributed by atoms with Gasteiger partial charge in [-0.1, -0.05) is 18.2 Å². The molecule has 0 radical (unpaired) electrons. The highest BCUT2D eigenvalue weighted by Crippen LogP contribution is 2.29. The highest BCUT2D eigenvalue weighted by molar-refractivity contribution is 5.95. The van der Waals surface area contributed by atoms with Gasteiger partial charge in [-0.2, -0.15) is 0 Å². The zero-order chi connectivity index (χ0) is 21.3. The van der Waals surface area contributed by atoms with Crippen molar-refractivity contribution in [2.75, 3.05) is 24.5 Å². The Labute approximate surface area is 177 Å². The molecule has 0 saturated carbocycles. The molecule has 3 atom stereocenters. The number of urea groups is 1. The number of nitrogens with one attached hydrogen (secondary N) is 3. The lowest BCUT2D eigenvalue weighted by Gasteiger charge is -2.37. The molecule has 2 saturated heterocycles. The van der Waals surface area contributed by atoms with Crippen LogP contribution in [0.5, 0.6) is 0 Å². The Hall–Kier alpha value is -2.61. The van der Waals surface area contributed by atoms with Crippen LogP contribution in [0.25, 0.3) is 0 Å². The maximum Gasteiger partial charge on any atom is 0.315 e. The zero-order valence-corrected chi connectivity index (χ0v) is 17.7. The van der Waals surface area contributed by atoms with E-state index in [1.807, 2.05) is 36.9 Å². The first kappa shape index (κ1) is 20.7. The number of anilines is 1. The fourth-order valence-electron chi connectivity index (χ4n) is 4.86. The molecule has 3 aliphatic rings. The number of fused-ring (bicyclic) bond motifs is 2. The molecule has 1 aromatic carbocycles. The third-order valence-corrected chi connectivity index (χ3v) is 6.26. The molecule has 4 rings (SSSR count).